The first-order valence-electron chi connectivity index (χ1n) is 2.84. The van der Waals surface area contributed by atoms with Gasteiger partial charge in [-0.25, -0.2) is 0 Å². The molecule has 0 nitrogen and oxygen atoms in total. The molecule has 1 rings (SSSR count). The minimum atomic E-state index is -0.654. The van der Waals surface area contributed by atoms with Gasteiger partial charge in [0.15, 0.2) is 0 Å². The lowest BCUT2D eigenvalue weighted by Gasteiger charge is -2.16. The first kappa shape index (κ1) is 7.17. The predicted molar refractivity (Wildman–Crippen MR) is 42.0 cm³/mol. The third-order valence-corrected chi connectivity index (χ3v) is 1.74. The molecule has 50 valence electrons. The van der Waals surface area contributed by atoms with E-state index in [1.807, 2.05) is 25.2 Å². The van der Waals surface area contributed by atoms with Crippen LogP contribution in [0.3, 0.4) is 0 Å². The molecule has 0 heterocycles. The van der Waals surface area contributed by atoms with E-state index in [9.17, 15) is 0 Å². The fourth-order valence-corrected chi connectivity index (χ4v) is 1.36. The Labute approximate surface area is 65.2 Å². The molecule has 2 heteroatoms. The Morgan fingerprint density at radius 2 is 2.22 bits per heavy atom. The molecule has 0 fully saturated rings. The van der Waals surface area contributed by atoms with Crippen LogP contribution < -0.4 is 0 Å². The average molecular weight is 163 g/mol. The summed E-state index contributed by atoms with van der Waals surface area (Å²) in [5, 5.41) is 0. The van der Waals surface area contributed by atoms with E-state index in [-0.39, 0.29) is 0 Å². The first-order valence-corrected chi connectivity index (χ1v) is 3.60. The number of hydrogen-bond acceptors (Lipinski definition) is 0. The van der Waals surface area contributed by atoms with E-state index in [0.717, 1.165) is 5.57 Å². The molecule has 0 aromatic carbocycles. The van der Waals surface area contributed by atoms with Gasteiger partial charge >= 0.3 is 0 Å². The molecule has 0 aromatic rings. The van der Waals surface area contributed by atoms with E-state index in [0.29, 0.717) is 6.42 Å². The molecule has 0 amide bonds. The fourth-order valence-electron chi connectivity index (χ4n) is 0.842. The minimum Gasteiger partial charge on any atom is -0.0966 e. The average Bonchev–Trinajstić information content (AvgIpc) is 1.60. The summed E-state index contributed by atoms with van der Waals surface area (Å²) in [6.07, 6.45) is 6.57. The van der Waals surface area contributed by atoms with Crippen LogP contribution in [0.15, 0.2) is 23.8 Å². The summed E-state index contributed by atoms with van der Waals surface area (Å²) in [4.78, 5) is 0. The van der Waals surface area contributed by atoms with Crippen LogP contribution in [0.4, 0.5) is 0 Å². The maximum Gasteiger partial charge on any atom is 0.140 e. The van der Waals surface area contributed by atoms with Crippen molar-refractivity contribution in [1.82, 2.24) is 0 Å². The van der Waals surface area contributed by atoms with Crippen molar-refractivity contribution in [3.63, 3.8) is 0 Å². The molecule has 0 bridgehead atoms. The van der Waals surface area contributed by atoms with Crippen molar-refractivity contribution in [2.75, 3.05) is 0 Å². The highest BCUT2D eigenvalue weighted by Gasteiger charge is 2.20. The lowest BCUT2D eigenvalue weighted by Crippen LogP contribution is -2.09. The Morgan fingerprint density at radius 3 is 2.56 bits per heavy atom. The van der Waals surface area contributed by atoms with Crippen LogP contribution in [-0.4, -0.2) is 4.33 Å². The lowest BCUT2D eigenvalue weighted by atomic mass is 10.1. The van der Waals surface area contributed by atoms with E-state index in [4.69, 9.17) is 23.2 Å². The van der Waals surface area contributed by atoms with E-state index in [1.165, 1.54) is 0 Å². The lowest BCUT2D eigenvalue weighted by molar-refractivity contribution is 0.946. The van der Waals surface area contributed by atoms with Crippen LogP contribution in [-0.2, 0) is 0 Å². The Balaban J connectivity index is 2.78. The van der Waals surface area contributed by atoms with Crippen molar-refractivity contribution in [2.24, 2.45) is 0 Å². The third-order valence-electron chi connectivity index (χ3n) is 1.21. The second-order valence-corrected chi connectivity index (χ2v) is 3.80. The third kappa shape index (κ3) is 2.04. The SMILES string of the molecule is CC1=CC(Cl)(Cl)CC=C1. The van der Waals surface area contributed by atoms with Crippen molar-refractivity contribution in [2.45, 2.75) is 17.7 Å². The molecule has 0 saturated heterocycles. The van der Waals surface area contributed by atoms with Crippen molar-refractivity contribution in [1.29, 1.82) is 0 Å². The van der Waals surface area contributed by atoms with Gasteiger partial charge in [-0.05, 0) is 13.0 Å². The number of rotatable bonds is 0. The van der Waals surface area contributed by atoms with Crippen LogP contribution in [0.5, 0.6) is 0 Å². The molecule has 1 aliphatic rings. The Morgan fingerprint density at radius 1 is 1.56 bits per heavy atom. The quantitative estimate of drug-likeness (QED) is 0.481. The van der Waals surface area contributed by atoms with Gasteiger partial charge in [-0.15, -0.1) is 0 Å². The maximum absolute atomic E-state index is 5.80. The Kier molecular flexibility index (Phi) is 1.88. The highest BCUT2D eigenvalue weighted by molar-refractivity contribution is 6.50. The molecule has 0 aliphatic heterocycles. The summed E-state index contributed by atoms with van der Waals surface area (Å²) in [5.74, 6) is 0. The number of allylic oxidation sites excluding steroid dienone is 4. The monoisotopic (exact) mass is 162 g/mol. The van der Waals surface area contributed by atoms with E-state index >= 15 is 0 Å². The van der Waals surface area contributed by atoms with Gasteiger partial charge < -0.3 is 0 Å². The zero-order chi connectivity index (χ0) is 6.91. The van der Waals surface area contributed by atoms with Gasteiger partial charge in [-0.1, -0.05) is 40.9 Å². The zero-order valence-electron chi connectivity index (χ0n) is 5.20. The van der Waals surface area contributed by atoms with Crippen LogP contribution in [0.2, 0.25) is 0 Å². The van der Waals surface area contributed by atoms with Gasteiger partial charge in [-0.2, -0.15) is 0 Å². The van der Waals surface area contributed by atoms with E-state index in [1.54, 1.807) is 0 Å². The summed E-state index contributed by atoms with van der Waals surface area (Å²) < 4.78 is -0.654. The molecule has 0 atom stereocenters. The Bertz CT molecular complexity index is 166. The second-order valence-electron chi connectivity index (χ2n) is 2.26. The van der Waals surface area contributed by atoms with E-state index in [2.05, 4.69) is 0 Å². The number of halogens is 2. The predicted octanol–water partition coefficient (Wildman–Crippen LogP) is 3.07. The number of alkyl halides is 2. The summed E-state index contributed by atoms with van der Waals surface area (Å²) in [7, 11) is 0. The van der Waals surface area contributed by atoms with Gasteiger partial charge in [0.05, 0.1) is 0 Å². The smallest absolute Gasteiger partial charge is 0.0966 e. The van der Waals surface area contributed by atoms with Crippen LogP contribution in [0.1, 0.15) is 13.3 Å². The van der Waals surface area contributed by atoms with Crippen molar-refractivity contribution >= 4 is 23.2 Å². The largest absolute Gasteiger partial charge is 0.140 e. The van der Waals surface area contributed by atoms with Crippen LogP contribution >= 0.6 is 23.2 Å². The zero-order valence-corrected chi connectivity index (χ0v) is 6.71. The van der Waals surface area contributed by atoms with Gasteiger partial charge in [0.25, 0.3) is 0 Å². The highest BCUT2D eigenvalue weighted by atomic mass is 35.5. The van der Waals surface area contributed by atoms with Crippen molar-refractivity contribution in [3.8, 4) is 0 Å². The maximum atomic E-state index is 5.80. The molecule has 0 unspecified atom stereocenters. The van der Waals surface area contributed by atoms with Crippen LogP contribution in [0, 0.1) is 0 Å². The summed E-state index contributed by atoms with van der Waals surface area (Å²) in [6, 6.07) is 0. The molecule has 1 aliphatic carbocycles. The minimum absolute atomic E-state index is 0.654. The molecule has 0 spiro atoms. The topological polar surface area (TPSA) is 0 Å². The van der Waals surface area contributed by atoms with Crippen LogP contribution in [0.25, 0.3) is 0 Å². The normalized spacial score (nSPS) is 23.7. The number of hydrogen-bond donors (Lipinski definition) is 0. The van der Waals surface area contributed by atoms with E-state index < -0.39 is 4.33 Å². The summed E-state index contributed by atoms with van der Waals surface area (Å²) >= 11 is 11.6. The molecule has 0 N–H and O–H groups in total. The summed E-state index contributed by atoms with van der Waals surface area (Å²) in [5.41, 5.74) is 1.13. The second kappa shape index (κ2) is 2.36. The van der Waals surface area contributed by atoms with Crippen molar-refractivity contribution < 1.29 is 0 Å². The molecular weight excluding hydrogens is 155 g/mol. The van der Waals surface area contributed by atoms with Gasteiger partial charge in [-0.3, -0.25) is 0 Å². The van der Waals surface area contributed by atoms with Gasteiger partial charge in [0.1, 0.15) is 4.33 Å². The molecule has 0 radical (unpaired) electrons. The van der Waals surface area contributed by atoms with Crippen molar-refractivity contribution in [3.05, 3.63) is 23.8 Å². The van der Waals surface area contributed by atoms with Gasteiger partial charge in [0, 0.05) is 6.42 Å². The molecular formula is C7H8Cl2. The molecule has 0 aromatic heterocycles. The fraction of sp³-hybridized carbons (Fsp3) is 0.429. The molecule has 9 heavy (non-hydrogen) atoms. The molecule has 0 saturated carbocycles. The van der Waals surface area contributed by atoms with Gasteiger partial charge in [0.2, 0.25) is 0 Å². The highest BCUT2D eigenvalue weighted by Crippen LogP contribution is 2.31. The standard InChI is InChI=1S/C7H8Cl2/c1-6-3-2-4-7(8,9)5-6/h2-3,5H,4H2,1H3. The summed E-state index contributed by atoms with van der Waals surface area (Å²) in [6.45, 7) is 1.98. The first-order chi connectivity index (χ1) is 4.10. The Hall–Kier alpha value is 0.0600.